The summed E-state index contributed by atoms with van der Waals surface area (Å²) in [5.74, 6) is 0.326. The molecule has 2 heterocycles. The van der Waals surface area contributed by atoms with Crippen molar-refractivity contribution >= 4 is 17.7 Å². The standard InChI is InChI=1S/C25H22FN3O2/c1-18-3-2-4-22(15-18)28-11-13-29(14-12-28)25(30)20(17-27)16-23-9-10-24(31-23)19-5-7-21(26)8-6-19/h2-10,15-16H,11-14H2,1H3. The van der Waals surface area contributed by atoms with Crippen LogP contribution in [0.25, 0.3) is 17.4 Å². The lowest BCUT2D eigenvalue weighted by atomic mass is 10.1. The molecule has 1 saturated heterocycles. The van der Waals surface area contributed by atoms with Gasteiger partial charge < -0.3 is 14.2 Å². The number of hydrogen-bond acceptors (Lipinski definition) is 4. The molecule has 2 aromatic carbocycles. The number of furan rings is 1. The molecule has 1 amide bonds. The van der Waals surface area contributed by atoms with Crippen molar-refractivity contribution < 1.29 is 13.6 Å². The van der Waals surface area contributed by atoms with Crippen molar-refractivity contribution in [1.82, 2.24) is 4.90 Å². The third kappa shape index (κ3) is 4.67. The summed E-state index contributed by atoms with van der Waals surface area (Å²) in [5, 5.41) is 9.54. The van der Waals surface area contributed by atoms with Crippen LogP contribution in [0.4, 0.5) is 10.1 Å². The van der Waals surface area contributed by atoms with Gasteiger partial charge in [0.2, 0.25) is 0 Å². The Kier molecular flexibility index (Phi) is 5.85. The van der Waals surface area contributed by atoms with Crippen molar-refractivity contribution in [2.45, 2.75) is 6.92 Å². The highest BCUT2D eigenvalue weighted by atomic mass is 19.1. The molecule has 1 fully saturated rings. The van der Waals surface area contributed by atoms with Crippen molar-refractivity contribution in [3.8, 4) is 17.4 Å². The molecule has 6 heteroatoms. The molecule has 31 heavy (non-hydrogen) atoms. The third-order valence-electron chi connectivity index (χ3n) is 5.33. The molecule has 0 unspecified atom stereocenters. The van der Waals surface area contributed by atoms with Crippen LogP contribution in [0.2, 0.25) is 0 Å². The van der Waals surface area contributed by atoms with Gasteiger partial charge in [0, 0.05) is 43.5 Å². The molecule has 4 rings (SSSR count). The number of rotatable bonds is 4. The van der Waals surface area contributed by atoms with E-state index in [-0.39, 0.29) is 17.3 Å². The van der Waals surface area contributed by atoms with E-state index in [9.17, 15) is 14.4 Å². The predicted octanol–water partition coefficient (Wildman–Crippen LogP) is 4.65. The second-order valence-corrected chi connectivity index (χ2v) is 7.50. The van der Waals surface area contributed by atoms with Gasteiger partial charge >= 0.3 is 0 Å². The largest absolute Gasteiger partial charge is 0.457 e. The predicted molar refractivity (Wildman–Crippen MR) is 118 cm³/mol. The van der Waals surface area contributed by atoms with Crippen molar-refractivity contribution in [2.75, 3.05) is 31.1 Å². The second-order valence-electron chi connectivity index (χ2n) is 7.50. The normalized spacial score (nSPS) is 14.4. The zero-order valence-electron chi connectivity index (χ0n) is 17.2. The van der Waals surface area contributed by atoms with Crippen molar-refractivity contribution in [3.63, 3.8) is 0 Å². The van der Waals surface area contributed by atoms with Crippen LogP contribution in [0.1, 0.15) is 11.3 Å². The smallest absolute Gasteiger partial charge is 0.264 e. The van der Waals surface area contributed by atoms with E-state index in [1.165, 1.54) is 23.8 Å². The molecular weight excluding hydrogens is 393 g/mol. The summed E-state index contributed by atoms with van der Waals surface area (Å²) in [6.45, 7) is 4.58. The first-order valence-electron chi connectivity index (χ1n) is 10.1. The van der Waals surface area contributed by atoms with Crippen LogP contribution in [-0.4, -0.2) is 37.0 Å². The number of aryl methyl sites for hydroxylation is 1. The first kappa shape index (κ1) is 20.4. The second kappa shape index (κ2) is 8.88. The van der Waals surface area contributed by atoms with Gasteiger partial charge in [-0.25, -0.2) is 4.39 Å². The van der Waals surface area contributed by atoms with Crippen LogP contribution >= 0.6 is 0 Å². The summed E-state index contributed by atoms with van der Waals surface area (Å²) >= 11 is 0. The van der Waals surface area contributed by atoms with Gasteiger partial charge in [0.1, 0.15) is 29.0 Å². The van der Waals surface area contributed by atoms with Gasteiger partial charge in [0.25, 0.3) is 5.91 Å². The summed E-state index contributed by atoms with van der Waals surface area (Å²) in [7, 11) is 0. The number of nitriles is 1. The molecule has 0 spiro atoms. The maximum absolute atomic E-state index is 13.1. The van der Waals surface area contributed by atoms with Gasteiger partial charge in [-0.15, -0.1) is 0 Å². The lowest BCUT2D eigenvalue weighted by Crippen LogP contribution is -2.49. The van der Waals surface area contributed by atoms with Gasteiger partial charge in [-0.3, -0.25) is 4.79 Å². The number of amides is 1. The zero-order chi connectivity index (χ0) is 21.8. The van der Waals surface area contributed by atoms with Gasteiger partial charge in [-0.1, -0.05) is 12.1 Å². The van der Waals surface area contributed by atoms with E-state index < -0.39 is 0 Å². The monoisotopic (exact) mass is 415 g/mol. The quantitative estimate of drug-likeness (QED) is 0.460. The van der Waals surface area contributed by atoms with E-state index >= 15 is 0 Å². The first-order valence-corrected chi connectivity index (χ1v) is 10.1. The summed E-state index contributed by atoms with van der Waals surface area (Å²) in [6.07, 6.45) is 1.46. The fourth-order valence-corrected chi connectivity index (χ4v) is 3.65. The number of hydrogen-bond donors (Lipinski definition) is 0. The minimum Gasteiger partial charge on any atom is -0.457 e. The van der Waals surface area contributed by atoms with E-state index in [0.29, 0.717) is 37.7 Å². The first-order chi connectivity index (χ1) is 15.0. The van der Waals surface area contributed by atoms with Crippen LogP contribution in [-0.2, 0) is 4.79 Å². The van der Waals surface area contributed by atoms with E-state index in [1.54, 1.807) is 29.2 Å². The van der Waals surface area contributed by atoms with Gasteiger partial charge in [0.15, 0.2) is 0 Å². The summed E-state index contributed by atoms with van der Waals surface area (Å²) in [6, 6.07) is 19.7. The number of benzene rings is 2. The molecule has 1 aromatic heterocycles. The van der Waals surface area contributed by atoms with Gasteiger partial charge in [-0.2, -0.15) is 5.26 Å². The molecule has 1 aliphatic heterocycles. The highest BCUT2D eigenvalue weighted by Crippen LogP contribution is 2.24. The van der Waals surface area contributed by atoms with Crippen LogP contribution in [0.3, 0.4) is 0 Å². The maximum atomic E-state index is 13.1. The lowest BCUT2D eigenvalue weighted by molar-refractivity contribution is -0.126. The molecule has 0 bridgehead atoms. The molecule has 3 aromatic rings. The Hall–Kier alpha value is -3.85. The topological polar surface area (TPSA) is 60.5 Å². The van der Waals surface area contributed by atoms with E-state index in [4.69, 9.17) is 4.42 Å². The third-order valence-corrected chi connectivity index (χ3v) is 5.33. The number of carbonyl (C=O) groups is 1. The molecular formula is C25H22FN3O2. The zero-order valence-corrected chi connectivity index (χ0v) is 17.2. The van der Waals surface area contributed by atoms with Crippen LogP contribution in [0.5, 0.6) is 0 Å². The van der Waals surface area contributed by atoms with Crippen LogP contribution < -0.4 is 4.90 Å². The molecule has 5 nitrogen and oxygen atoms in total. The fraction of sp³-hybridized carbons (Fsp3) is 0.200. The lowest BCUT2D eigenvalue weighted by Gasteiger charge is -2.36. The van der Waals surface area contributed by atoms with Crippen LogP contribution in [0.15, 0.2) is 70.7 Å². The Labute approximate surface area is 180 Å². The van der Waals surface area contributed by atoms with Crippen LogP contribution in [0, 0.1) is 24.1 Å². The van der Waals surface area contributed by atoms with Gasteiger partial charge in [0.05, 0.1) is 0 Å². The number of carbonyl (C=O) groups excluding carboxylic acids is 1. The highest BCUT2D eigenvalue weighted by Gasteiger charge is 2.24. The van der Waals surface area contributed by atoms with E-state index in [1.807, 2.05) is 12.1 Å². The average molecular weight is 415 g/mol. The Balaban J connectivity index is 1.43. The number of halogens is 1. The maximum Gasteiger partial charge on any atom is 0.264 e. The Bertz CT molecular complexity index is 1150. The molecule has 0 aliphatic carbocycles. The number of nitrogens with zero attached hydrogens (tertiary/aromatic N) is 3. The summed E-state index contributed by atoms with van der Waals surface area (Å²) < 4.78 is 18.8. The van der Waals surface area contributed by atoms with E-state index in [0.717, 1.165) is 11.3 Å². The highest BCUT2D eigenvalue weighted by molar-refractivity contribution is 6.01. The molecule has 0 N–H and O–H groups in total. The molecule has 0 radical (unpaired) electrons. The Morgan fingerprint density at radius 1 is 1.06 bits per heavy atom. The SMILES string of the molecule is Cc1cccc(N2CCN(C(=O)C(C#N)=Cc3ccc(-c4ccc(F)cc4)o3)CC2)c1. The summed E-state index contributed by atoms with van der Waals surface area (Å²) in [4.78, 5) is 16.8. The van der Waals surface area contributed by atoms with E-state index in [2.05, 4.69) is 30.0 Å². The molecule has 0 saturated carbocycles. The van der Waals surface area contributed by atoms with Crippen molar-refractivity contribution in [2.24, 2.45) is 0 Å². The minimum atomic E-state index is -0.324. The summed E-state index contributed by atoms with van der Waals surface area (Å²) in [5.41, 5.74) is 3.10. The average Bonchev–Trinajstić information content (AvgIpc) is 3.26. The molecule has 156 valence electrons. The minimum absolute atomic E-state index is 0.0315. The van der Waals surface area contributed by atoms with Gasteiger partial charge in [-0.05, 0) is 61.0 Å². The number of anilines is 1. The van der Waals surface area contributed by atoms with Crippen molar-refractivity contribution in [1.29, 1.82) is 5.26 Å². The number of piperazine rings is 1. The van der Waals surface area contributed by atoms with Crippen molar-refractivity contribution in [3.05, 3.63) is 83.4 Å². The molecule has 1 aliphatic rings. The molecule has 0 atom stereocenters. The fourth-order valence-electron chi connectivity index (χ4n) is 3.65. The Morgan fingerprint density at radius 2 is 1.81 bits per heavy atom. The Morgan fingerprint density at radius 3 is 2.48 bits per heavy atom.